The summed E-state index contributed by atoms with van der Waals surface area (Å²) in [7, 11) is 0. The number of rotatable bonds is 6. The smallest absolute Gasteiger partial charge is 0.246 e. The first kappa shape index (κ1) is 16.9. The first-order chi connectivity index (χ1) is 12.2. The van der Waals surface area contributed by atoms with Gasteiger partial charge in [0, 0.05) is 16.3 Å². The number of halogens is 1. The molecule has 25 heavy (non-hydrogen) atoms. The number of nitrogens with one attached hydrogen (secondary N) is 1. The molecule has 0 bridgehead atoms. The van der Waals surface area contributed by atoms with Gasteiger partial charge in [0.05, 0.1) is 6.61 Å². The quantitative estimate of drug-likeness (QED) is 0.733. The van der Waals surface area contributed by atoms with E-state index >= 15 is 0 Å². The summed E-state index contributed by atoms with van der Waals surface area (Å²) in [5.41, 5.74) is 1.46. The van der Waals surface area contributed by atoms with Gasteiger partial charge in [-0.1, -0.05) is 11.6 Å². The van der Waals surface area contributed by atoms with Gasteiger partial charge in [0.2, 0.25) is 5.91 Å². The van der Waals surface area contributed by atoms with Crippen LogP contribution in [0.4, 0.5) is 5.69 Å². The van der Waals surface area contributed by atoms with Crippen molar-refractivity contribution in [1.82, 2.24) is 20.2 Å². The molecule has 0 aliphatic carbocycles. The Labute approximate surface area is 149 Å². The van der Waals surface area contributed by atoms with Crippen LogP contribution >= 0.6 is 11.6 Å². The monoisotopic (exact) mass is 357 g/mol. The van der Waals surface area contributed by atoms with Crippen LogP contribution in [0.15, 0.2) is 48.5 Å². The summed E-state index contributed by atoms with van der Waals surface area (Å²) in [6, 6.07) is 14.3. The molecule has 8 heteroatoms. The van der Waals surface area contributed by atoms with Gasteiger partial charge in [-0.15, -0.1) is 5.10 Å². The summed E-state index contributed by atoms with van der Waals surface area (Å²) >= 11 is 5.89. The third kappa shape index (κ3) is 4.33. The van der Waals surface area contributed by atoms with Crippen LogP contribution in [-0.2, 0) is 11.3 Å². The lowest BCUT2D eigenvalue weighted by molar-refractivity contribution is -0.116. The predicted molar refractivity (Wildman–Crippen MR) is 94.5 cm³/mol. The summed E-state index contributed by atoms with van der Waals surface area (Å²) in [4.78, 5) is 12.2. The fraction of sp³-hybridized carbons (Fsp3) is 0.176. The highest BCUT2D eigenvalue weighted by atomic mass is 35.5. The number of nitrogens with zero attached hydrogens (tertiary/aromatic N) is 4. The molecule has 1 N–H and O–H groups in total. The standard InChI is InChI=1S/C17H16ClN5O2/c1-2-25-15-9-7-14(8-10-15)19-16(24)11-23-17(20-21-22-23)12-3-5-13(18)6-4-12/h3-10H,2,11H2,1H3,(H,19,24). The number of anilines is 1. The van der Waals surface area contributed by atoms with Crippen molar-refractivity contribution in [2.24, 2.45) is 0 Å². The van der Waals surface area contributed by atoms with Crippen LogP contribution in [-0.4, -0.2) is 32.7 Å². The van der Waals surface area contributed by atoms with Crippen molar-refractivity contribution in [2.75, 3.05) is 11.9 Å². The van der Waals surface area contributed by atoms with Crippen molar-refractivity contribution in [3.05, 3.63) is 53.6 Å². The van der Waals surface area contributed by atoms with Crippen molar-refractivity contribution in [3.63, 3.8) is 0 Å². The molecule has 2 aromatic carbocycles. The number of hydrogen-bond acceptors (Lipinski definition) is 5. The Hall–Kier alpha value is -2.93. The van der Waals surface area contributed by atoms with Gasteiger partial charge in [-0.25, -0.2) is 4.68 Å². The number of carbonyl (C=O) groups is 1. The maximum Gasteiger partial charge on any atom is 0.246 e. The van der Waals surface area contributed by atoms with Crippen molar-refractivity contribution < 1.29 is 9.53 Å². The van der Waals surface area contributed by atoms with E-state index in [4.69, 9.17) is 16.3 Å². The topological polar surface area (TPSA) is 81.9 Å². The molecule has 1 heterocycles. The van der Waals surface area contributed by atoms with Crippen molar-refractivity contribution >= 4 is 23.2 Å². The van der Waals surface area contributed by atoms with Gasteiger partial charge >= 0.3 is 0 Å². The Bertz CT molecular complexity index is 846. The fourth-order valence-corrected chi connectivity index (χ4v) is 2.38. The maximum atomic E-state index is 12.2. The number of ether oxygens (including phenoxy) is 1. The van der Waals surface area contributed by atoms with Gasteiger partial charge in [0.15, 0.2) is 5.82 Å². The summed E-state index contributed by atoms with van der Waals surface area (Å²) in [6.45, 7) is 2.51. The molecule has 128 valence electrons. The largest absolute Gasteiger partial charge is 0.494 e. The van der Waals surface area contributed by atoms with Gasteiger partial charge in [0.25, 0.3) is 0 Å². The van der Waals surface area contributed by atoms with Crippen LogP contribution in [0.2, 0.25) is 5.02 Å². The highest BCUT2D eigenvalue weighted by Gasteiger charge is 2.12. The van der Waals surface area contributed by atoms with Crippen LogP contribution in [0.5, 0.6) is 5.75 Å². The molecule has 0 fully saturated rings. The number of benzene rings is 2. The summed E-state index contributed by atoms with van der Waals surface area (Å²) in [6.07, 6.45) is 0. The van der Waals surface area contributed by atoms with Gasteiger partial charge in [-0.3, -0.25) is 4.79 Å². The number of hydrogen-bond donors (Lipinski definition) is 1. The molecule has 0 unspecified atom stereocenters. The van der Waals surface area contributed by atoms with Crippen LogP contribution in [0.25, 0.3) is 11.4 Å². The van der Waals surface area contributed by atoms with Crippen LogP contribution in [0, 0.1) is 0 Å². The van der Waals surface area contributed by atoms with E-state index < -0.39 is 0 Å². The molecule has 0 radical (unpaired) electrons. The zero-order chi connectivity index (χ0) is 17.6. The highest BCUT2D eigenvalue weighted by molar-refractivity contribution is 6.30. The van der Waals surface area contributed by atoms with Crippen molar-refractivity contribution in [1.29, 1.82) is 0 Å². The van der Waals surface area contributed by atoms with E-state index in [1.807, 2.05) is 6.92 Å². The van der Waals surface area contributed by atoms with Crippen LogP contribution < -0.4 is 10.1 Å². The average molecular weight is 358 g/mol. The van der Waals surface area contributed by atoms with Crippen molar-refractivity contribution in [3.8, 4) is 17.1 Å². The first-order valence-electron chi connectivity index (χ1n) is 7.70. The molecule has 3 aromatic rings. The van der Waals surface area contributed by atoms with E-state index in [1.165, 1.54) is 4.68 Å². The molecule has 1 aromatic heterocycles. The fourth-order valence-electron chi connectivity index (χ4n) is 2.25. The first-order valence-corrected chi connectivity index (χ1v) is 8.08. The predicted octanol–water partition coefficient (Wildman–Crippen LogP) is 3.03. The molecule has 3 rings (SSSR count). The second kappa shape index (κ2) is 7.76. The Morgan fingerprint density at radius 2 is 1.88 bits per heavy atom. The minimum Gasteiger partial charge on any atom is -0.494 e. The Morgan fingerprint density at radius 3 is 2.56 bits per heavy atom. The molecular formula is C17H16ClN5O2. The van der Waals surface area contributed by atoms with E-state index in [-0.39, 0.29) is 12.5 Å². The molecule has 0 aliphatic heterocycles. The third-order valence-corrected chi connectivity index (χ3v) is 3.63. The van der Waals surface area contributed by atoms with Crippen LogP contribution in [0.3, 0.4) is 0 Å². The zero-order valence-electron chi connectivity index (χ0n) is 13.5. The van der Waals surface area contributed by atoms with E-state index in [2.05, 4.69) is 20.8 Å². The lowest BCUT2D eigenvalue weighted by atomic mass is 10.2. The number of aromatic nitrogens is 4. The van der Waals surface area contributed by atoms with E-state index in [0.29, 0.717) is 23.1 Å². The van der Waals surface area contributed by atoms with E-state index in [1.54, 1.807) is 48.5 Å². The number of amides is 1. The molecular weight excluding hydrogens is 342 g/mol. The second-order valence-corrected chi connectivity index (χ2v) is 5.61. The molecule has 0 atom stereocenters. The summed E-state index contributed by atoms with van der Waals surface area (Å²) in [5, 5.41) is 14.9. The van der Waals surface area contributed by atoms with Gasteiger partial charge < -0.3 is 10.1 Å². The van der Waals surface area contributed by atoms with Gasteiger partial charge in [-0.2, -0.15) is 0 Å². The average Bonchev–Trinajstić information content (AvgIpc) is 3.05. The van der Waals surface area contributed by atoms with Crippen molar-refractivity contribution in [2.45, 2.75) is 13.5 Å². The molecule has 0 aliphatic rings. The Kier molecular flexibility index (Phi) is 5.25. The second-order valence-electron chi connectivity index (χ2n) is 5.17. The van der Waals surface area contributed by atoms with Gasteiger partial charge in [0.1, 0.15) is 12.3 Å². The zero-order valence-corrected chi connectivity index (χ0v) is 14.3. The third-order valence-electron chi connectivity index (χ3n) is 3.38. The molecule has 0 saturated carbocycles. The Balaban J connectivity index is 1.67. The number of tetrazole rings is 1. The minimum atomic E-state index is -0.230. The molecule has 0 saturated heterocycles. The Morgan fingerprint density at radius 1 is 1.16 bits per heavy atom. The van der Waals surface area contributed by atoms with E-state index in [9.17, 15) is 4.79 Å². The minimum absolute atomic E-state index is 0.00181. The highest BCUT2D eigenvalue weighted by Crippen LogP contribution is 2.19. The van der Waals surface area contributed by atoms with Crippen LogP contribution in [0.1, 0.15) is 6.92 Å². The molecule has 1 amide bonds. The SMILES string of the molecule is CCOc1ccc(NC(=O)Cn2nnnc2-c2ccc(Cl)cc2)cc1. The lowest BCUT2D eigenvalue weighted by Gasteiger charge is -2.08. The summed E-state index contributed by atoms with van der Waals surface area (Å²) < 4.78 is 6.81. The molecule has 7 nitrogen and oxygen atoms in total. The van der Waals surface area contributed by atoms with E-state index in [0.717, 1.165) is 11.3 Å². The molecule has 0 spiro atoms. The van der Waals surface area contributed by atoms with Gasteiger partial charge in [-0.05, 0) is 65.9 Å². The number of carbonyl (C=O) groups excluding carboxylic acids is 1. The summed E-state index contributed by atoms with van der Waals surface area (Å²) in [5.74, 6) is 1.02. The maximum absolute atomic E-state index is 12.2. The lowest BCUT2D eigenvalue weighted by Crippen LogP contribution is -2.20. The normalized spacial score (nSPS) is 10.5.